The Morgan fingerprint density at radius 3 is 2.48 bits per heavy atom. The van der Waals surface area contributed by atoms with E-state index in [1.807, 2.05) is 29.9 Å². The van der Waals surface area contributed by atoms with E-state index in [1.54, 1.807) is 29.5 Å². The molecule has 228 valence electrons. The maximum Gasteiger partial charge on any atom is 0.254 e. The van der Waals surface area contributed by atoms with Gasteiger partial charge in [0.15, 0.2) is 0 Å². The van der Waals surface area contributed by atoms with Gasteiger partial charge in [0.05, 0.1) is 37.6 Å². The molecule has 13 heteroatoms. The van der Waals surface area contributed by atoms with E-state index in [0.717, 1.165) is 50.0 Å². The van der Waals surface area contributed by atoms with E-state index in [4.69, 9.17) is 9.47 Å². The lowest BCUT2D eigenvalue weighted by molar-refractivity contribution is -0.0458. The molecule has 5 heterocycles. The highest BCUT2D eigenvalue weighted by molar-refractivity contribution is 5.67. The maximum atomic E-state index is 10.6. The van der Waals surface area contributed by atoms with Gasteiger partial charge in [0, 0.05) is 36.1 Å². The molecule has 1 aliphatic carbocycles. The van der Waals surface area contributed by atoms with Crippen LogP contribution in [0.5, 0.6) is 11.6 Å². The van der Waals surface area contributed by atoms with E-state index >= 15 is 0 Å². The number of nitrogens with zero attached hydrogens (tertiary/aromatic N) is 9. The summed E-state index contributed by atoms with van der Waals surface area (Å²) in [5.74, 6) is 0.755. The first-order chi connectivity index (χ1) is 21.5. The van der Waals surface area contributed by atoms with Crippen LogP contribution in [-0.4, -0.2) is 82.0 Å². The summed E-state index contributed by atoms with van der Waals surface area (Å²) in [4.78, 5) is 15.6. The number of aromatic hydroxyl groups is 1. The van der Waals surface area contributed by atoms with Gasteiger partial charge in [-0.15, -0.1) is 5.10 Å². The molecule has 1 aromatic carbocycles. The third kappa shape index (κ3) is 5.82. The number of aromatic nitrogens is 7. The van der Waals surface area contributed by atoms with Gasteiger partial charge in [0.2, 0.25) is 5.95 Å². The molecular weight excluding hydrogens is 560 g/mol. The number of morpholine rings is 1. The molecule has 7 rings (SSSR count). The van der Waals surface area contributed by atoms with Gasteiger partial charge >= 0.3 is 0 Å². The zero-order valence-corrected chi connectivity index (χ0v) is 24.7. The lowest BCUT2D eigenvalue weighted by Crippen LogP contribution is -2.52. The minimum atomic E-state index is -0.231. The Labute approximate surface area is 255 Å². The number of fused-ring (bicyclic) bond motifs is 2. The molecule has 0 radical (unpaired) electrons. The highest BCUT2D eigenvalue weighted by atomic mass is 16.5. The molecule has 2 saturated heterocycles. The predicted octanol–water partition coefficient (Wildman–Crippen LogP) is 4.07. The average Bonchev–Trinajstić information content (AvgIpc) is 3.75. The Morgan fingerprint density at radius 2 is 1.77 bits per heavy atom. The van der Waals surface area contributed by atoms with Crippen LogP contribution < -0.4 is 10.1 Å². The van der Waals surface area contributed by atoms with E-state index in [9.17, 15) is 10.4 Å². The zero-order chi connectivity index (χ0) is 30.0. The summed E-state index contributed by atoms with van der Waals surface area (Å²) in [6.45, 7) is 4.15. The number of hydrogen-bond acceptors (Lipinski definition) is 11. The standard InChI is InChI=1S/C31H36N10O3/c1-20(14-39-19-33-18-36-39)44-29-10-21(2-3-22(29)11-32)23-12-34-31(35-13-23)37-28-15-40(38-30(28)42)24-4-6-25(7-5-24)41-26-8-9-27(41)17-43-16-26/h2-3,10,12-13,15,18-20,24-27H,4-9,14,16-17H2,1H3,(H,38,42)(H,34,35,37)/t20-,24-,25-,26-,27+/m0/s1. The third-order valence-electron chi connectivity index (χ3n) is 9.04. The van der Waals surface area contributed by atoms with Crippen LogP contribution >= 0.6 is 0 Å². The Kier molecular flexibility index (Phi) is 7.84. The molecule has 0 amide bonds. The number of nitrogens with one attached hydrogen (secondary N) is 1. The van der Waals surface area contributed by atoms with Gasteiger partial charge in [0.25, 0.3) is 5.88 Å². The Balaban J connectivity index is 0.981. The highest BCUT2D eigenvalue weighted by Gasteiger charge is 2.42. The van der Waals surface area contributed by atoms with E-state index in [-0.39, 0.29) is 18.0 Å². The van der Waals surface area contributed by atoms with E-state index in [0.29, 0.717) is 47.6 Å². The molecule has 3 aromatic heterocycles. The van der Waals surface area contributed by atoms with Crippen LogP contribution in [-0.2, 0) is 11.3 Å². The van der Waals surface area contributed by atoms with Gasteiger partial charge in [-0.05, 0) is 63.1 Å². The molecule has 1 saturated carbocycles. The smallest absolute Gasteiger partial charge is 0.254 e. The number of anilines is 2. The van der Waals surface area contributed by atoms with Crippen molar-refractivity contribution < 1.29 is 14.6 Å². The van der Waals surface area contributed by atoms with Crippen molar-refractivity contribution in [1.29, 1.82) is 5.26 Å². The average molecular weight is 597 g/mol. The van der Waals surface area contributed by atoms with Crippen molar-refractivity contribution in [3.05, 3.63) is 55.0 Å². The first kappa shape index (κ1) is 28.2. The van der Waals surface area contributed by atoms with Crippen LogP contribution in [0.4, 0.5) is 11.6 Å². The summed E-state index contributed by atoms with van der Waals surface area (Å²) in [6, 6.07) is 9.60. The van der Waals surface area contributed by atoms with Crippen molar-refractivity contribution in [1.82, 2.24) is 39.4 Å². The topological polar surface area (TPSA) is 152 Å². The van der Waals surface area contributed by atoms with Crippen molar-refractivity contribution in [2.45, 2.75) is 82.3 Å². The Bertz CT molecular complexity index is 1590. The molecule has 2 aliphatic heterocycles. The van der Waals surface area contributed by atoms with Crippen molar-refractivity contribution in [3.8, 4) is 28.8 Å². The lowest BCUT2D eigenvalue weighted by Gasteiger charge is -2.43. The second-order valence-electron chi connectivity index (χ2n) is 12.0. The van der Waals surface area contributed by atoms with Crippen LogP contribution in [0, 0.1) is 11.3 Å². The number of nitriles is 1. The number of hydrogen-bond donors (Lipinski definition) is 2. The number of benzene rings is 1. The molecule has 0 spiro atoms. The summed E-state index contributed by atoms with van der Waals surface area (Å²) in [5.41, 5.74) is 2.49. The van der Waals surface area contributed by atoms with Crippen molar-refractivity contribution >= 4 is 11.6 Å². The van der Waals surface area contributed by atoms with Gasteiger partial charge in [-0.3, -0.25) is 9.58 Å². The minimum Gasteiger partial charge on any atom is -0.491 e. The van der Waals surface area contributed by atoms with E-state index < -0.39 is 0 Å². The summed E-state index contributed by atoms with van der Waals surface area (Å²) >= 11 is 0. The second kappa shape index (κ2) is 12.2. The largest absolute Gasteiger partial charge is 0.491 e. The molecule has 3 fully saturated rings. The van der Waals surface area contributed by atoms with Crippen LogP contribution in [0.3, 0.4) is 0 Å². The lowest BCUT2D eigenvalue weighted by atomic mass is 9.89. The normalized spacial score (nSPS) is 24.1. The van der Waals surface area contributed by atoms with Gasteiger partial charge in [-0.1, -0.05) is 6.07 Å². The second-order valence-corrected chi connectivity index (χ2v) is 12.0. The van der Waals surface area contributed by atoms with Crippen LogP contribution in [0.2, 0.25) is 0 Å². The van der Waals surface area contributed by atoms with Gasteiger partial charge in [-0.2, -0.15) is 10.4 Å². The predicted molar refractivity (Wildman–Crippen MR) is 160 cm³/mol. The summed E-state index contributed by atoms with van der Waals surface area (Å²) in [7, 11) is 0. The maximum absolute atomic E-state index is 10.6. The fraction of sp³-hybridized carbons (Fsp3) is 0.484. The summed E-state index contributed by atoms with van der Waals surface area (Å²) < 4.78 is 15.4. The molecule has 2 bridgehead atoms. The van der Waals surface area contributed by atoms with Gasteiger partial charge in [0.1, 0.15) is 36.3 Å². The Morgan fingerprint density at radius 1 is 1.05 bits per heavy atom. The third-order valence-corrected chi connectivity index (χ3v) is 9.04. The molecule has 4 aromatic rings. The van der Waals surface area contributed by atoms with Crippen LogP contribution in [0.15, 0.2) is 49.4 Å². The highest BCUT2D eigenvalue weighted by Crippen LogP contribution is 2.39. The first-order valence-electron chi connectivity index (χ1n) is 15.3. The molecule has 3 atom stereocenters. The Hall–Kier alpha value is -4.54. The molecule has 2 N–H and O–H groups in total. The number of ether oxygens (including phenoxy) is 2. The fourth-order valence-corrected chi connectivity index (χ4v) is 6.93. The number of rotatable bonds is 9. The monoisotopic (exact) mass is 596 g/mol. The van der Waals surface area contributed by atoms with Crippen LogP contribution in [0.25, 0.3) is 11.1 Å². The van der Waals surface area contributed by atoms with E-state index in [2.05, 4.69) is 41.4 Å². The molecular formula is C31H36N10O3. The van der Waals surface area contributed by atoms with Gasteiger partial charge < -0.3 is 19.9 Å². The quantitative estimate of drug-likeness (QED) is 0.288. The molecule has 44 heavy (non-hydrogen) atoms. The van der Waals surface area contributed by atoms with Crippen molar-refractivity contribution in [3.63, 3.8) is 0 Å². The SMILES string of the molecule is C[C@@H](Cn1cncn1)Oc1cc(-c2cnc(Nc3cn([C@H]4CC[C@H](N5[C@@H]6CC[C@H]5COC6)CC4)nc3O)nc2)ccc1C#N. The molecule has 13 nitrogen and oxygen atoms in total. The van der Waals surface area contributed by atoms with Crippen LogP contribution in [0.1, 0.15) is 57.1 Å². The van der Waals surface area contributed by atoms with Gasteiger partial charge in [-0.25, -0.2) is 19.6 Å². The molecule has 0 unspecified atom stereocenters. The van der Waals surface area contributed by atoms with E-state index in [1.165, 1.54) is 19.2 Å². The first-order valence-corrected chi connectivity index (χ1v) is 15.3. The molecule has 3 aliphatic rings. The van der Waals surface area contributed by atoms with Crippen molar-refractivity contribution in [2.75, 3.05) is 18.5 Å². The summed E-state index contributed by atoms with van der Waals surface area (Å²) in [6.07, 6.45) is 14.9. The summed E-state index contributed by atoms with van der Waals surface area (Å²) in [5, 5.41) is 31.8. The fourth-order valence-electron chi connectivity index (χ4n) is 6.93. The minimum absolute atomic E-state index is 0.0695. The zero-order valence-electron chi connectivity index (χ0n) is 24.7. The van der Waals surface area contributed by atoms with Crippen molar-refractivity contribution in [2.24, 2.45) is 0 Å².